The van der Waals surface area contributed by atoms with E-state index in [1.165, 1.54) is 0 Å². The van der Waals surface area contributed by atoms with Crippen molar-refractivity contribution < 1.29 is 23.8 Å². The van der Waals surface area contributed by atoms with E-state index in [0.29, 0.717) is 0 Å². The fourth-order valence-electron chi connectivity index (χ4n) is 1.35. The molecule has 0 aliphatic heterocycles. The highest BCUT2D eigenvalue weighted by Gasteiger charge is 2.59. The monoisotopic (exact) mass is 181 g/mol. The molecular formula is C6H9F2NO3. The first kappa shape index (κ1) is 9.34. The van der Waals surface area contributed by atoms with Crippen LogP contribution >= 0.6 is 0 Å². The van der Waals surface area contributed by atoms with Gasteiger partial charge in [0.1, 0.15) is 0 Å². The second-order valence-electron chi connectivity index (χ2n) is 3.18. The van der Waals surface area contributed by atoms with Gasteiger partial charge in [-0.2, -0.15) is 0 Å². The van der Waals surface area contributed by atoms with Crippen LogP contribution in [0.3, 0.4) is 0 Å². The van der Waals surface area contributed by atoms with Crippen LogP contribution in [0.5, 0.6) is 0 Å². The molecule has 12 heavy (non-hydrogen) atoms. The molecule has 1 aliphatic rings. The molecule has 4 nitrogen and oxygen atoms in total. The molecule has 1 atom stereocenters. The van der Waals surface area contributed by atoms with Gasteiger partial charge in [-0.05, 0) is 0 Å². The van der Waals surface area contributed by atoms with Crippen molar-refractivity contribution in [3.8, 4) is 0 Å². The summed E-state index contributed by atoms with van der Waals surface area (Å²) in [4.78, 5) is 10.2. The van der Waals surface area contributed by atoms with Crippen molar-refractivity contribution in [1.29, 1.82) is 0 Å². The van der Waals surface area contributed by atoms with E-state index in [1.807, 2.05) is 0 Å². The number of nitrogens with two attached hydrogens (primary N) is 1. The Morgan fingerprint density at radius 3 is 2.17 bits per heavy atom. The molecule has 0 aromatic carbocycles. The summed E-state index contributed by atoms with van der Waals surface area (Å²) < 4.78 is 24.5. The lowest BCUT2D eigenvalue weighted by molar-refractivity contribution is -0.177. The third-order valence-corrected chi connectivity index (χ3v) is 1.95. The zero-order valence-corrected chi connectivity index (χ0v) is 6.13. The first-order chi connectivity index (χ1) is 5.27. The van der Waals surface area contributed by atoms with Crippen molar-refractivity contribution in [2.24, 2.45) is 5.73 Å². The van der Waals surface area contributed by atoms with E-state index in [4.69, 9.17) is 15.9 Å². The average molecular weight is 181 g/mol. The van der Waals surface area contributed by atoms with Gasteiger partial charge >= 0.3 is 5.97 Å². The van der Waals surface area contributed by atoms with Gasteiger partial charge in [-0.25, -0.2) is 13.6 Å². The lowest BCUT2D eigenvalue weighted by Gasteiger charge is -2.45. The number of carbonyl (C=O) groups is 1. The molecule has 0 aromatic heterocycles. The number of aliphatic carboxylic acids is 1. The van der Waals surface area contributed by atoms with Gasteiger partial charge < -0.3 is 15.9 Å². The number of carboxylic acids is 1. The Bertz CT molecular complexity index is 211. The van der Waals surface area contributed by atoms with Gasteiger partial charge in [0.15, 0.2) is 6.10 Å². The summed E-state index contributed by atoms with van der Waals surface area (Å²) in [5, 5.41) is 17.2. The van der Waals surface area contributed by atoms with Crippen LogP contribution in [0.15, 0.2) is 0 Å². The molecule has 0 bridgehead atoms. The van der Waals surface area contributed by atoms with E-state index < -0.39 is 36.4 Å². The molecule has 0 saturated heterocycles. The van der Waals surface area contributed by atoms with Crippen LogP contribution < -0.4 is 5.73 Å². The van der Waals surface area contributed by atoms with Crippen LogP contribution in [0, 0.1) is 0 Å². The Balaban J connectivity index is 2.60. The van der Waals surface area contributed by atoms with Crippen molar-refractivity contribution in [2.75, 3.05) is 0 Å². The Morgan fingerprint density at radius 2 is 1.92 bits per heavy atom. The summed E-state index contributed by atoms with van der Waals surface area (Å²) in [5.74, 6) is -4.49. The minimum atomic E-state index is -2.93. The molecule has 1 unspecified atom stereocenters. The summed E-state index contributed by atoms with van der Waals surface area (Å²) in [6.07, 6.45) is -3.45. The molecule has 70 valence electrons. The molecule has 1 rings (SSSR count). The number of rotatable bonds is 2. The fourth-order valence-corrected chi connectivity index (χ4v) is 1.35. The van der Waals surface area contributed by atoms with Gasteiger partial charge in [0, 0.05) is 12.8 Å². The normalized spacial score (nSPS) is 27.3. The smallest absolute Gasteiger partial charge is 0.334 e. The predicted octanol–water partition coefficient (Wildman–Crippen LogP) is -0.442. The van der Waals surface area contributed by atoms with Gasteiger partial charge in [0.2, 0.25) is 0 Å². The Kier molecular flexibility index (Phi) is 1.84. The molecular weight excluding hydrogens is 172 g/mol. The predicted molar refractivity (Wildman–Crippen MR) is 34.7 cm³/mol. The molecule has 1 aliphatic carbocycles. The number of aliphatic hydroxyl groups excluding tert-OH is 1. The third-order valence-electron chi connectivity index (χ3n) is 1.95. The van der Waals surface area contributed by atoms with E-state index >= 15 is 0 Å². The second kappa shape index (κ2) is 2.37. The summed E-state index contributed by atoms with van der Waals surface area (Å²) in [6.45, 7) is 0. The van der Waals surface area contributed by atoms with Crippen LogP contribution in [-0.2, 0) is 4.79 Å². The van der Waals surface area contributed by atoms with Gasteiger partial charge in [-0.3, -0.25) is 0 Å². The van der Waals surface area contributed by atoms with E-state index in [0.717, 1.165) is 0 Å². The largest absolute Gasteiger partial charge is 0.479 e. The average Bonchev–Trinajstić information content (AvgIpc) is 1.81. The Morgan fingerprint density at radius 1 is 1.50 bits per heavy atom. The minimum Gasteiger partial charge on any atom is -0.479 e. The lowest BCUT2D eigenvalue weighted by Crippen LogP contribution is -2.66. The molecule has 1 fully saturated rings. The van der Waals surface area contributed by atoms with E-state index in [1.54, 1.807) is 0 Å². The highest BCUT2D eigenvalue weighted by Crippen LogP contribution is 2.45. The summed E-state index contributed by atoms with van der Waals surface area (Å²) >= 11 is 0. The topological polar surface area (TPSA) is 83.5 Å². The SMILES string of the molecule is NC1(C(O)C(=O)O)CC(F)(F)C1. The number of carboxylic acid groups (broad SMARTS) is 1. The number of alkyl halides is 2. The van der Waals surface area contributed by atoms with Crippen molar-refractivity contribution in [3.05, 3.63) is 0 Å². The van der Waals surface area contributed by atoms with Crippen LogP contribution in [0.1, 0.15) is 12.8 Å². The van der Waals surface area contributed by atoms with E-state index in [-0.39, 0.29) is 0 Å². The standard InChI is InChI=1S/C6H9F2NO3/c7-6(8)1-5(9,2-6)3(10)4(11)12/h3,10H,1-2,9H2,(H,11,12). The van der Waals surface area contributed by atoms with Crippen LogP contribution in [0.2, 0.25) is 0 Å². The molecule has 0 amide bonds. The van der Waals surface area contributed by atoms with Gasteiger partial charge in [-0.15, -0.1) is 0 Å². The minimum absolute atomic E-state index is 0.770. The van der Waals surface area contributed by atoms with E-state index in [2.05, 4.69) is 0 Å². The third kappa shape index (κ3) is 1.39. The maximum Gasteiger partial charge on any atom is 0.334 e. The highest BCUT2D eigenvalue weighted by molar-refractivity contribution is 5.74. The number of hydrogen-bond donors (Lipinski definition) is 3. The maximum atomic E-state index is 12.3. The van der Waals surface area contributed by atoms with Gasteiger partial charge in [0.05, 0.1) is 5.54 Å². The van der Waals surface area contributed by atoms with Gasteiger partial charge in [0.25, 0.3) is 5.92 Å². The molecule has 0 radical (unpaired) electrons. The summed E-state index contributed by atoms with van der Waals surface area (Å²) in [7, 11) is 0. The highest BCUT2D eigenvalue weighted by atomic mass is 19.3. The number of hydrogen-bond acceptors (Lipinski definition) is 3. The van der Waals surface area contributed by atoms with Crippen molar-refractivity contribution in [2.45, 2.75) is 30.4 Å². The summed E-state index contributed by atoms with van der Waals surface area (Å²) in [6, 6.07) is 0. The lowest BCUT2D eigenvalue weighted by atomic mass is 9.70. The van der Waals surface area contributed by atoms with Crippen LogP contribution in [0.25, 0.3) is 0 Å². The molecule has 6 heteroatoms. The zero-order valence-electron chi connectivity index (χ0n) is 6.13. The molecule has 0 heterocycles. The van der Waals surface area contributed by atoms with Crippen LogP contribution in [-0.4, -0.2) is 33.7 Å². The fraction of sp³-hybridized carbons (Fsp3) is 0.833. The molecule has 0 spiro atoms. The van der Waals surface area contributed by atoms with Crippen LogP contribution in [0.4, 0.5) is 8.78 Å². The zero-order chi connectivity index (χ0) is 9.57. The molecule has 0 aromatic rings. The number of halogens is 2. The second-order valence-corrected chi connectivity index (χ2v) is 3.18. The Hall–Kier alpha value is -0.750. The van der Waals surface area contributed by atoms with Crippen molar-refractivity contribution in [1.82, 2.24) is 0 Å². The summed E-state index contributed by atoms with van der Waals surface area (Å²) in [5.41, 5.74) is 3.55. The van der Waals surface area contributed by atoms with Gasteiger partial charge in [-0.1, -0.05) is 0 Å². The Labute approximate surface area is 67.0 Å². The molecule has 4 N–H and O–H groups in total. The number of aliphatic hydroxyl groups is 1. The van der Waals surface area contributed by atoms with Crippen molar-refractivity contribution >= 4 is 5.97 Å². The quantitative estimate of drug-likeness (QED) is 0.539. The molecule has 1 saturated carbocycles. The first-order valence-corrected chi connectivity index (χ1v) is 3.34. The van der Waals surface area contributed by atoms with E-state index in [9.17, 15) is 13.6 Å². The first-order valence-electron chi connectivity index (χ1n) is 3.34. The maximum absolute atomic E-state index is 12.3. The van der Waals surface area contributed by atoms with Crippen molar-refractivity contribution in [3.63, 3.8) is 0 Å².